The van der Waals surface area contributed by atoms with Crippen molar-refractivity contribution in [2.24, 2.45) is 0 Å². The molecule has 0 radical (unpaired) electrons. The number of hydrogen-bond acceptors (Lipinski definition) is 8. The lowest BCUT2D eigenvalue weighted by Crippen LogP contribution is -2.11. The van der Waals surface area contributed by atoms with Crippen LogP contribution in [0.2, 0.25) is 5.02 Å². The van der Waals surface area contributed by atoms with Crippen molar-refractivity contribution >= 4 is 39.7 Å². The summed E-state index contributed by atoms with van der Waals surface area (Å²) >= 11 is 6.48. The van der Waals surface area contributed by atoms with E-state index in [1.807, 2.05) is 6.92 Å². The molecule has 9 heteroatoms. The number of benzene rings is 2. The van der Waals surface area contributed by atoms with Gasteiger partial charge in [0.05, 0.1) is 36.8 Å². The van der Waals surface area contributed by atoms with Crippen molar-refractivity contribution in [3.63, 3.8) is 0 Å². The minimum absolute atomic E-state index is 0.0718. The van der Waals surface area contributed by atoms with Gasteiger partial charge in [-0.2, -0.15) is 5.26 Å². The minimum Gasteiger partial charge on any atom is -0.494 e. The van der Waals surface area contributed by atoms with Crippen molar-refractivity contribution in [3.8, 4) is 17.6 Å². The fourth-order valence-corrected chi connectivity index (χ4v) is 3.99. The molecule has 2 heterocycles. The molecule has 40 heavy (non-hydrogen) atoms. The van der Waals surface area contributed by atoms with Crippen LogP contribution < -0.4 is 14.8 Å². The molecule has 204 valence electrons. The third kappa shape index (κ3) is 7.35. The SMILES string of the molecule is [2H]C([2H])(Oc1ccc(Nc2c(C#N)cnc3cc(OCC)c(CC(=O)/C=C/C([2H])([2H])N(C)C)cc23)cc1Cl)c1ccccn1. The molecule has 0 atom stereocenters. The van der Waals surface area contributed by atoms with Gasteiger partial charge >= 0.3 is 0 Å². The molecule has 2 aromatic carbocycles. The number of nitrogens with one attached hydrogen (secondary N) is 1. The number of pyridine rings is 2. The zero-order valence-corrected chi connectivity index (χ0v) is 23.0. The lowest BCUT2D eigenvalue weighted by molar-refractivity contribution is -0.114. The minimum atomic E-state index is -2.23. The van der Waals surface area contributed by atoms with Gasteiger partial charge in [-0.15, -0.1) is 0 Å². The zero-order chi connectivity index (χ0) is 32.1. The van der Waals surface area contributed by atoms with Crippen LogP contribution in [0.3, 0.4) is 0 Å². The molecule has 0 fully saturated rings. The van der Waals surface area contributed by atoms with E-state index in [-0.39, 0.29) is 34.2 Å². The van der Waals surface area contributed by atoms with E-state index < -0.39 is 13.1 Å². The largest absolute Gasteiger partial charge is 0.494 e. The highest BCUT2D eigenvalue weighted by Gasteiger charge is 2.16. The number of anilines is 2. The summed E-state index contributed by atoms with van der Waals surface area (Å²) in [7, 11) is 3.15. The first-order chi connectivity index (χ1) is 20.8. The summed E-state index contributed by atoms with van der Waals surface area (Å²) in [6.07, 6.45) is 5.25. The van der Waals surface area contributed by atoms with Crippen molar-refractivity contribution < 1.29 is 19.8 Å². The predicted octanol–water partition coefficient (Wildman–Crippen LogP) is 6.11. The van der Waals surface area contributed by atoms with E-state index in [9.17, 15) is 10.1 Å². The van der Waals surface area contributed by atoms with Crippen molar-refractivity contribution in [1.82, 2.24) is 14.9 Å². The van der Waals surface area contributed by atoms with Crippen LogP contribution in [0.25, 0.3) is 10.9 Å². The first-order valence-electron chi connectivity index (χ1n) is 14.4. The molecule has 0 aliphatic carbocycles. The van der Waals surface area contributed by atoms with E-state index in [1.165, 1.54) is 41.6 Å². The Morgan fingerprint density at radius 1 is 1.18 bits per heavy atom. The van der Waals surface area contributed by atoms with Crippen LogP contribution in [-0.4, -0.2) is 47.9 Å². The van der Waals surface area contributed by atoms with E-state index in [1.54, 1.807) is 50.5 Å². The molecular formula is C31H30ClN5O3. The van der Waals surface area contributed by atoms with Gasteiger partial charge in [-0.25, -0.2) is 0 Å². The van der Waals surface area contributed by atoms with E-state index >= 15 is 0 Å². The maximum atomic E-state index is 12.9. The molecule has 0 bridgehead atoms. The lowest BCUT2D eigenvalue weighted by Gasteiger charge is -2.16. The average molecular weight is 560 g/mol. The number of halogens is 1. The highest BCUT2D eigenvalue weighted by atomic mass is 35.5. The van der Waals surface area contributed by atoms with Crippen LogP contribution in [0.4, 0.5) is 11.4 Å². The molecule has 4 aromatic rings. The van der Waals surface area contributed by atoms with Gasteiger partial charge < -0.3 is 19.7 Å². The van der Waals surface area contributed by atoms with Gasteiger partial charge in [0, 0.05) is 50.8 Å². The molecule has 2 aromatic heterocycles. The Kier molecular flexibility index (Phi) is 7.95. The van der Waals surface area contributed by atoms with E-state index in [2.05, 4.69) is 21.4 Å². The standard InChI is InChI=1S/C31H30ClN5O3/c1-4-39-30-17-28-26(15-21(30)14-25(38)9-7-13-37(2)3)31(22(18-33)19-35-28)36-23-10-11-29(27(32)16-23)40-20-24-8-5-6-12-34-24/h5-12,15-17,19H,4,13-14,20H2,1-3H3,(H,35,36)/b9-7+/i13D2,20D2. The van der Waals surface area contributed by atoms with Gasteiger partial charge in [0.1, 0.15) is 24.1 Å². The quantitative estimate of drug-likeness (QED) is 0.208. The molecule has 0 aliphatic heterocycles. The summed E-state index contributed by atoms with van der Waals surface area (Å²) in [5.41, 5.74) is 2.29. The molecule has 0 saturated heterocycles. The fraction of sp³-hybridized carbons (Fsp3) is 0.226. The molecule has 0 saturated carbocycles. The van der Waals surface area contributed by atoms with Gasteiger partial charge in [0.15, 0.2) is 5.78 Å². The van der Waals surface area contributed by atoms with E-state index in [4.69, 9.17) is 26.6 Å². The lowest BCUT2D eigenvalue weighted by atomic mass is 10.0. The van der Waals surface area contributed by atoms with Gasteiger partial charge in [0.25, 0.3) is 0 Å². The average Bonchev–Trinajstić information content (AvgIpc) is 2.98. The van der Waals surface area contributed by atoms with Crippen LogP contribution in [0.1, 0.15) is 29.2 Å². The molecule has 4 rings (SSSR count). The van der Waals surface area contributed by atoms with Crippen LogP contribution in [0.5, 0.6) is 11.5 Å². The number of nitrogens with zero attached hydrogens (tertiary/aromatic N) is 4. The number of fused-ring (bicyclic) bond motifs is 1. The fourth-order valence-electron chi connectivity index (χ4n) is 3.77. The van der Waals surface area contributed by atoms with Crippen molar-refractivity contribution in [2.75, 3.05) is 32.5 Å². The van der Waals surface area contributed by atoms with Crippen molar-refractivity contribution in [3.05, 3.63) is 94.9 Å². The van der Waals surface area contributed by atoms with Crippen LogP contribution >= 0.6 is 11.6 Å². The number of rotatable bonds is 12. The Hall–Kier alpha value is -4.45. The van der Waals surface area contributed by atoms with Gasteiger partial charge in [0.2, 0.25) is 0 Å². The molecule has 0 aliphatic rings. The number of likely N-dealkylation sites (N-methyl/N-ethyl adjacent to an activating group) is 1. The Labute approximate surface area is 244 Å². The van der Waals surface area contributed by atoms with Gasteiger partial charge in [-0.1, -0.05) is 23.7 Å². The van der Waals surface area contributed by atoms with Crippen LogP contribution in [0.15, 0.2) is 73.1 Å². The normalized spacial score (nSPS) is 13.3. The topological polar surface area (TPSA) is 100 Å². The number of allylic oxidation sites excluding steroid dienone is 1. The highest BCUT2D eigenvalue weighted by Crippen LogP contribution is 2.36. The number of hydrogen-bond donors (Lipinski definition) is 1. The Morgan fingerprint density at radius 3 is 2.73 bits per heavy atom. The number of ether oxygens (including phenoxy) is 2. The Balaban J connectivity index is 1.68. The second-order valence-electron chi connectivity index (χ2n) is 8.76. The molecular weight excluding hydrogens is 526 g/mol. The second kappa shape index (κ2) is 13.6. The third-order valence-electron chi connectivity index (χ3n) is 5.57. The second-order valence-corrected chi connectivity index (χ2v) is 9.17. The number of ketones is 1. The van der Waals surface area contributed by atoms with E-state index in [0.717, 1.165) is 0 Å². The van der Waals surface area contributed by atoms with Crippen LogP contribution in [0, 0.1) is 11.3 Å². The maximum Gasteiger partial charge on any atom is 0.159 e. The summed E-state index contributed by atoms with van der Waals surface area (Å²) in [6.45, 7) is -1.86. The molecule has 0 unspecified atom stereocenters. The first kappa shape index (κ1) is 23.4. The summed E-state index contributed by atoms with van der Waals surface area (Å²) < 4.78 is 43.9. The summed E-state index contributed by atoms with van der Waals surface area (Å²) in [6, 6.07) is 15.1. The smallest absolute Gasteiger partial charge is 0.159 e. The van der Waals surface area contributed by atoms with Crippen LogP contribution in [-0.2, 0) is 17.8 Å². The molecule has 8 nitrogen and oxygen atoms in total. The molecule has 1 N–H and O–H groups in total. The molecule has 0 amide bonds. The first-order valence-corrected chi connectivity index (χ1v) is 12.8. The Morgan fingerprint density at radius 2 is 2.02 bits per heavy atom. The van der Waals surface area contributed by atoms with Crippen molar-refractivity contribution in [2.45, 2.75) is 19.9 Å². The summed E-state index contributed by atoms with van der Waals surface area (Å²) in [5.74, 6) is 0.219. The summed E-state index contributed by atoms with van der Waals surface area (Å²) in [5, 5.41) is 13.8. The number of carbonyl (C=O) groups is 1. The highest BCUT2D eigenvalue weighted by molar-refractivity contribution is 6.32. The number of aromatic nitrogens is 2. The monoisotopic (exact) mass is 559 g/mol. The number of nitriles is 1. The maximum absolute atomic E-state index is 12.9. The molecule has 0 spiro atoms. The zero-order valence-electron chi connectivity index (χ0n) is 26.2. The summed E-state index contributed by atoms with van der Waals surface area (Å²) in [4.78, 5) is 22.7. The van der Waals surface area contributed by atoms with E-state index in [0.29, 0.717) is 40.2 Å². The Bertz CT molecular complexity index is 1740. The van der Waals surface area contributed by atoms with Crippen molar-refractivity contribution in [1.29, 1.82) is 5.26 Å². The third-order valence-corrected chi connectivity index (χ3v) is 5.86. The van der Waals surface area contributed by atoms with Gasteiger partial charge in [-0.3, -0.25) is 14.8 Å². The predicted molar refractivity (Wildman–Crippen MR) is 157 cm³/mol. The van der Waals surface area contributed by atoms with Gasteiger partial charge in [-0.05, 0) is 63.5 Å². The number of carbonyl (C=O) groups excluding carboxylic acids is 1.